The summed E-state index contributed by atoms with van der Waals surface area (Å²) in [5.74, 6) is 2.61. The maximum absolute atomic E-state index is 6.19. The zero-order valence-corrected chi connectivity index (χ0v) is 13.3. The van der Waals surface area contributed by atoms with Gasteiger partial charge in [-0.05, 0) is 42.5 Å². The van der Waals surface area contributed by atoms with Crippen molar-refractivity contribution in [2.24, 2.45) is 5.92 Å². The maximum atomic E-state index is 6.19. The average Bonchev–Trinajstić information content (AvgIpc) is 2.92. The Morgan fingerprint density at radius 1 is 1.10 bits per heavy atom. The van der Waals surface area contributed by atoms with E-state index in [1.807, 2.05) is 24.3 Å². The van der Waals surface area contributed by atoms with Crippen molar-refractivity contribution in [3.8, 4) is 5.75 Å². The summed E-state index contributed by atoms with van der Waals surface area (Å²) in [5.41, 5.74) is 2.61. The molecule has 21 heavy (non-hydrogen) atoms. The first-order valence-electron chi connectivity index (χ1n) is 7.28. The maximum Gasteiger partial charge on any atom is 0.122 e. The fraction of sp³-hybridized carbons (Fsp3) is 0.333. The normalized spacial score (nSPS) is 18.1. The molecule has 3 heteroatoms. The number of ether oxygens (including phenoxy) is 1. The molecule has 0 bridgehead atoms. The summed E-state index contributed by atoms with van der Waals surface area (Å²) in [4.78, 5) is 0. The summed E-state index contributed by atoms with van der Waals surface area (Å²) >= 11 is 12.1. The van der Waals surface area contributed by atoms with E-state index in [0.717, 1.165) is 30.2 Å². The number of alkyl halides is 1. The highest BCUT2D eigenvalue weighted by Gasteiger charge is 2.26. The minimum atomic E-state index is 0.451. The average molecular weight is 321 g/mol. The molecule has 0 N–H and O–H groups in total. The van der Waals surface area contributed by atoms with Crippen molar-refractivity contribution in [2.45, 2.75) is 18.8 Å². The van der Waals surface area contributed by atoms with Gasteiger partial charge in [-0.25, -0.2) is 0 Å². The molecule has 3 rings (SSSR count). The van der Waals surface area contributed by atoms with Crippen molar-refractivity contribution in [1.82, 2.24) is 0 Å². The lowest BCUT2D eigenvalue weighted by Gasteiger charge is -2.18. The Kier molecular flexibility index (Phi) is 4.72. The van der Waals surface area contributed by atoms with Crippen molar-refractivity contribution in [3.63, 3.8) is 0 Å². The molecular weight excluding hydrogens is 303 g/mol. The molecule has 2 aromatic carbocycles. The fourth-order valence-corrected chi connectivity index (χ4v) is 3.34. The second-order valence-corrected chi connectivity index (χ2v) is 6.38. The van der Waals surface area contributed by atoms with Gasteiger partial charge in [0.15, 0.2) is 0 Å². The van der Waals surface area contributed by atoms with E-state index >= 15 is 0 Å². The van der Waals surface area contributed by atoms with Gasteiger partial charge in [0.2, 0.25) is 0 Å². The summed E-state index contributed by atoms with van der Waals surface area (Å²) in [6.45, 7) is 0.771. The third-order valence-corrected chi connectivity index (χ3v) is 4.76. The van der Waals surface area contributed by atoms with Crippen LogP contribution in [0.1, 0.15) is 23.5 Å². The smallest absolute Gasteiger partial charge is 0.122 e. The summed E-state index contributed by atoms with van der Waals surface area (Å²) in [7, 11) is 0. The molecular formula is C18H18Cl2O. The van der Waals surface area contributed by atoms with E-state index in [0.29, 0.717) is 17.7 Å². The van der Waals surface area contributed by atoms with Gasteiger partial charge in [-0.1, -0.05) is 41.9 Å². The Balaban J connectivity index is 1.67. The first-order valence-corrected chi connectivity index (χ1v) is 8.19. The van der Waals surface area contributed by atoms with Gasteiger partial charge in [0.1, 0.15) is 5.75 Å². The van der Waals surface area contributed by atoms with Crippen LogP contribution in [0.2, 0.25) is 5.02 Å². The largest absolute Gasteiger partial charge is 0.493 e. The van der Waals surface area contributed by atoms with Crippen molar-refractivity contribution in [3.05, 3.63) is 64.7 Å². The van der Waals surface area contributed by atoms with Gasteiger partial charge in [-0.15, -0.1) is 11.6 Å². The Bertz CT molecular complexity index is 594. The molecule has 0 aliphatic carbocycles. The van der Waals surface area contributed by atoms with Crippen molar-refractivity contribution < 1.29 is 4.74 Å². The molecule has 1 heterocycles. The highest BCUT2D eigenvalue weighted by atomic mass is 35.5. The third kappa shape index (κ3) is 3.53. The van der Waals surface area contributed by atoms with Crippen LogP contribution in [0.25, 0.3) is 0 Å². The van der Waals surface area contributed by atoms with Gasteiger partial charge in [-0.3, -0.25) is 0 Å². The summed E-state index contributed by atoms with van der Waals surface area (Å²) in [6, 6.07) is 16.4. The van der Waals surface area contributed by atoms with Crippen LogP contribution >= 0.6 is 23.2 Å². The van der Waals surface area contributed by atoms with Crippen molar-refractivity contribution >= 4 is 23.2 Å². The molecule has 0 spiro atoms. The molecule has 0 fully saturated rings. The fourth-order valence-electron chi connectivity index (χ4n) is 2.98. The van der Waals surface area contributed by atoms with Crippen LogP contribution in [0.15, 0.2) is 48.5 Å². The monoisotopic (exact) mass is 320 g/mol. The molecule has 0 saturated heterocycles. The van der Waals surface area contributed by atoms with E-state index in [4.69, 9.17) is 27.9 Å². The zero-order valence-electron chi connectivity index (χ0n) is 11.8. The van der Waals surface area contributed by atoms with E-state index in [1.165, 1.54) is 11.1 Å². The molecule has 1 aliphatic rings. The van der Waals surface area contributed by atoms with Crippen LogP contribution in [0.5, 0.6) is 5.75 Å². The summed E-state index contributed by atoms with van der Waals surface area (Å²) in [5, 5.41) is 0.777. The molecule has 0 saturated carbocycles. The minimum absolute atomic E-state index is 0.451. The Labute approximate surface area is 135 Å². The molecule has 2 atom stereocenters. The van der Waals surface area contributed by atoms with Crippen LogP contribution in [0.4, 0.5) is 0 Å². The van der Waals surface area contributed by atoms with Gasteiger partial charge in [-0.2, -0.15) is 0 Å². The van der Waals surface area contributed by atoms with Gasteiger partial charge in [0.25, 0.3) is 0 Å². The van der Waals surface area contributed by atoms with Gasteiger partial charge >= 0.3 is 0 Å². The molecule has 2 aromatic rings. The predicted molar refractivity (Wildman–Crippen MR) is 88.7 cm³/mol. The van der Waals surface area contributed by atoms with Crippen LogP contribution in [0, 0.1) is 5.92 Å². The highest BCUT2D eigenvalue weighted by Crippen LogP contribution is 2.38. The van der Waals surface area contributed by atoms with Gasteiger partial charge < -0.3 is 4.74 Å². The van der Waals surface area contributed by atoms with E-state index in [2.05, 4.69) is 24.3 Å². The topological polar surface area (TPSA) is 9.23 Å². The first-order chi connectivity index (χ1) is 10.3. The quantitative estimate of drug-likeness (QED) is 0.679. The number of fused-ring (bicyclic) bond motifs is 1. The third-order valence-electron chi connectivity index (χ3n) is 4.07. The number of halogens is 2. The van der Waals surface area contributed by atoms with E-state index in [-0.39, 0.29) is 0 Å². The number of rotatable bonds is 5. The number of para-hydroxylation sites is 1. The lowest BCUT2D eigenvalue weighted by atomic mass is 9.87. The molecule has 1 aliphatic heterocycles. The second-order valence-electron chi connectivity index (χ2n) is 5.63. The first kappa shape index (κ1) is 14.7. The molecule has 0 amide bonds. The standard InChI is InChI=1S/C18H18Cl2O/c19-11-14(9-13-5-7-16(20)8-6-13)10-15-12-21-18-4-2-1-3-17(15)18/h1-8,14-15H,9-12H2. The van der Waals surface area contributed by atoms with Crippen LogP contribution < -0.4 is 4.74 Å². The van der Waals surface area contributed by atoms with Crippen LogP contribution in [0.3, 0.4) is 0 Å². The zero-order chi connectivity index (χ0) is 14.7. The van der Waals surface area contributed by atoms with E-state index in [1.54, 1.807) is 0 Å². The Hall–Kier alpha value is -1.18. The van der Waals surface area contributed by atoms with Crippen molar-refractivity contribution in [1.29, 1.82) is 0 Å². The molecule has 2 unspecified atom stereocenters. The molecule has 1 nitrogen and oxygen atoms in total. The lowest BCUT2D eigenvalue weighted by molar-refractivity contribution is 0.310. The number of hydrogen-bond acceptors (Lipinski definition) is 1. The highest BCUT2D eigenvalue weighted by molar-refractivity contribution is 6.30. The molecule has 0 aromatic heterocycles. The van der Waals surface area contributed by atoms with Gasteiger partial charge in [0.05, 0.1) is 6.61 Å². The van der Waals surface area contributed by atoms with Crippen molar-refractivity contribution in [2.75, 3.05) is 12.5 Å². The van der Waals surface area contributed by atoms with Gasteiger partial charge in [0, 0.05) is 22.4 Å². The van der Waals surface area contributed by atoms with E-state index < -0.39 is 0 Å². The number of benzene rings is 2. The Morgan fingerprint density at radius 2 is 1.86 bits per heavy atom. The summed E-state index contributed by atoms with van der Waals surface area (Å²) in [6.07, 6.45) is 2.04. The van der Waals surface area contributed by atoms with E-state index in [9.17, 15) is 0 Å². The summed E-state index contributed by atoms with van der Waals surface area (Å²) < 4.78 is 5.76. The van der Waals surface area contributed by atoms with Crippen LogP contribution in [-0.2, 0) is 6.42 Å². The molecule has 110 valence electrons. The SMILES string of the molecule is ClCC(Cc1ccc(Cl)cc1)CC1COc2ccccc21. The lowest BCUT2D eigenvalue weighted by Crippen LogP contribution is -2.13. The molecule has 0 radical (unpaired) electrons. The predicted octanol–water partition coefficient (Wildman–Crippen LogP) is 5.30. The minimum Gasteiger partial charge on any atom is -0.493 e. The second kappa shape index (κ2) is 6.72. The Morgan fingerprint density at radius 3 is 2.62 bits per heavy atom. The number of hydrogen-bond donors (Lipinski definition) is 0. The van der Waals surface area contributed by atoms with Crippen LogP contribution in [-0.4, -0.2) is 12.5 Å².